The molecule has 4 unspecified atom stereocenters. The maximum absolute atomic E-state index is 12.6. The summed E-state index contributed by atoms with van der Waals surface area (Å²) in [5, 5.41) is 23.4. The van der Waals surface area contributed by atoms with Crippen molar-refractivity contribution in [3.63, 3.8) is 0 Å². The lowest BCUT2D eigenvalue weighted by atomic mass is 9.49. The third-order valence-corrected chi connectivity index (χ3v) is 8.37. The number of aliphatic hydroxyl groups is 2. The van der Waals surface area contributed by atoms with Crippen LogP contribution in [0.2, 0.25) is 0 Å². The number of carbonyl (C=O) groups is 1. The topological polar surface area (TPSA) is 86.1 Å². The fraction of sp³-hybridized carbons (Fsp3) is 0.571. The molecule has 0 bridgehead atoms. The van der Waals surface area contributed by atoms with Crippen molar-refractivity contribution in [3.05, 3.63) is 59.4 Å². The van der Waals surface area contributed by atoms with Crippen LogP contribution in [-0.4, -0.2) is 70.9 Å². The van der Waals surface area contributed by atoms with E-state index in [1.54, 1.807) is 31.1 Å². The number of aromatic nitrogens is 1. The molecule has 1 aromatic carbocycles. The van der Waals surface area contributed by atoms with Gasteiger partial charge in [0.15, 0.2) is 0 Å². The number of ether oxygens (including phenoxy) is 1. The molecule has 7 nitrogen and oxygen atoms in total. The minimum Gasteiger partial charge on any atom is -0.410 e. The number of aryl methyl sites for hydroxylation is 1. The van der Waals surface area contributed by atoms with Crippen LogP contribution in [0.25, 0.3) is 0 Å². The second-order valence-electron chi connectivity index (χ2n) is 10.9. The third kappa shape index (κ3) is 4.57. The first kappa shape index (κ1) is 25.6. The fourth-order valence-electron chi connectivity index (χ4n) is 6.24. The monoisotopic (exact) mass is 481 g/mol. The van der Waals surface area contributed by atoms with Gasteiger partial charge in [-0.1, -0.05) is 19.1 Å². The first-order chi connectivity index (χ1) is 16.5. The average Bonchev–Trinajstić information content (AvgIpc) is 2.83. The van der Waals surface area contributed by atoms with Gasteiger partial charge in [-0.05, 0) is 94.4 Å². The summed E-state index contributed by atoms with van der Waals surface area (Å²) in [4.78, 5) is 20.6. The van der Waals surface area contributed by atoms with Crippen molar-refractivity contribution in [1.29, 1.82) is 0 Å². The van der Waals surface area contributed by atoms with Gasteiger partial charge in [0.1, 0.15) is 11.4 Å². The molecule has 0 aliphatic heterocycles. The van der Waals surface area contributed by atoms with Crippen molar-refractivity contribution in [1.82, 2.24) is 14.8 Å². The maximum Gasteiger partial charge on any atom is 0.415 e. The molecule has 1 heterocycles. The lowest BCUT2D eigenvalue weighted by Crippen LogP contribution is -2.62. The Morgan fingerprint density at radius 2 is 1.94 bits per heavy atom. The number of rotatable bonds is 6. The number of likely N-dealkylation sites (N-methyl/N-ethyl adjacent to an activating group) is 2. The molecule has 0 radical (unpaired) electrons. The van der Waals surface area contributed by atoms with Gasteiger partial charge in [0.25, 0.3) is 0 Å². The number of amides is 1. The number of nitrogens with zero attached hydrogens (tertiary/aromatic N) is 3. The SMILES string of the molecule is CCC12CC(C)(O)C(O)(c3ccccn3)CC1CCc1cc(OC(=O)N(C)CCN(C)C)ccc12. The molecule has 1 amide bonds. The molecule has 2 aliphatic rings. The Balaban J connectivity index is 1.60. The van der Waals surface area contributed by atoms with Gasteiger partial charge in [-0.15, -0.1) is 0 Å². The molecular weight excluding hydrogens is 442 g/mol. The molecule has 2 aliphatic carbocycles. The Hall–Kier alpha value is -2.48. The third-order valence-electron chi connectivity index (χ3n) is 8.37. The summed E-state index contributed by atoms with van der Waals surface area (Å²) in [5.74, 6) is 0.750. The van der Waals surface area contributed by atoms with E-state index in [-0.39, 0.29) is 17.4 Å². The molecule has 4 atom stereocenters. The summed E-state index contributed by atoms with van der Waals surface area (Å²) in [5.41, 5.74) is -0.127. The van der Waals surface area contributed by atoms with Gasteiger partial charge >= 0.3 is 6.09 Å². The zero-order valence-electron chi connectivity index (χ0n) is 21.6. The van der Waals surface area contributed by atoms with E-state index in [1.165, 1.54) is 5.56 Å². The average molecular weight is 482 g/mol. The van der Waals surface area contributed by atoms with Crippen LogP contribution in [0.15, 0.2) is 42.6 Å². The molecule has 0 saturated heterocycles. The maximum atomic E-state index is 12.6. The largest absolute Gasteiger partial charge is 0.415 e. The molecule has 2 aromatic rings. The molecule has 4 rings (SSSR count). The van der Waals surface area contributed by atoms with Gasteiger partial charge in [-0.3, -0.25) is 4.98 Å². The van der Waals surface area contributed by atoms with Crippen molar-refractivity contribution in [2.75, 3.05) is 34.2 Å². The summed E-state index contributed by atoms with van der Waals surface area (Å²) < 4.78 is 5.68. The molecule has 1 saturated carbocycles. The van der Waals surface area contributed by atoms with Crippen molar-refractivity contribution >= 4 is 6.09 Å². The highest BCUT2D eigenvalue weighted by atomic mass is 16.6. The summed E-state index contributed by atoms with van der Waals surface area (Å²) in [6, 6.07) is 11.4. The predicted molar refractivity (Wildman–Crippen MR) is 135 cm³/mol. The number of hydrogen-bond acceptors (Lipinski definition) is 6. The quantitative estimate of drug-likeness (QED) is 0.654. The normalized spacial score (nSPS) is 29.9. The van der Waals surface area contributed by atoms with E-state index in [0.29, 0.717) is 30.8 Å². The van der Waals surface area contributed by atoms with E-state index in [9.17, 15) is 15.0 Å². The number of benzene rings is 1. The highest BCUT2D eigenvalue weighted by Gasteiger charge is 2.61. The molecule has 35 heavy (non-hydrogen) atoms. The van der Waals surface area contributed by atoms with Gasteiger partial charge in [-0.2, -0.15) is 0 Å². The van der Waals surface area contributed by atoms with E-state index >= 15 is 0 Å². The number of hydrogen-bond donors (Lipinski definition) is 2. The van der Waals surface area contributed by atoms with E-state index in [2.05, 4.69) is 18.0 Å². The number of carbonyl (C=O) groups excluding carboxylic acids is 1. The minimum atomic E-state index is -1.40. The zero-order chi connectivity index (χ0) is 25.4. The van der Waals surface area contributed by atoms with E-state index in [1.807, 2.05) is 43.3 Å². The fourth-order valence-corrected chi connectivity index (χ4v) is 6.24. The molecule has 190 valence electrons. The first-order valence-electron chi connectivity index (χ1n) is 12.6. The molecule has 1 aromatic heterocycles. The Morgan fingerprint density at radius 1 is 1.17 bits per heavy atom. The molecular formula is C28H39N3O4. The number of pyridine rings is 1. The highest BCUT2D eigenvalue weighted by molar-refractivity contribution is 5.70. The first-order valence-corrected chi connectivity index (χ1v) is 12.6. The number of fused-ring (bicyclic) bond motifs is 3. The van der Waals surface area contributed by atoms with Crippen molar-refractivity contribution in [3.8, 4) is 5.75 Å². The van der Waals surface area contributed by atoms with Crippen LogP contribution in [0.1, 0.15) is 56.4 Å². The highest BCUT2D eigenvalue weighted by Crippen LogP contribution is 2.59. The van der Waals surface area contributed by atoms with Crippen LogP contribution in [0.3, 0.4) is 0 Å². The van der Waals surface area contributed by atoms with Crippen LogP contribution >= 0.6 is 0 Å². The summed E-state index contributed by atoms with van der Waals surface area (Å²) in [6.07, 6.45) is 4.78. The molecule has 2 N–H and O–H groups in total. The van der Waals surface area contributed by atoms with Crippen LogP contribution in [0.4, 0.5) is 4.79 Å². The van der Waals surface area contributed by atoms with Crippen LogP contribution in [0.5, 0.6) is 5.75 Å². The van der Waals surface area contributed by atoms with Crippen LogP contribution in [0, 0.1) is 5.92 Å². The minimum absolute atomic E-state index is 0.206. The van der Waals surface area contributed by atoms with Crippen LogP contribution in [-0.2, 0) is 17.4 Å². The molecule has 1 fully saturated rings. The molecule has 7 heteroatoms. The zero-order valence-corrected chi connectivity index (χ0v) is 21.6. The Labute approximate surface area is 208 Å². The Kier molecular flexibility index (Phi) is 6.97. The van der Waals surface area contributed by atoms with Crippen molar-refractivity contribution in [2.45, 2.75) is 62.6 Å². The summed E-state index contributed by atoms with van der Waals surface area (Å²) in [6.45, 7) is 5.26. The Morgan fingerprint density at radius 3 is 2.60 bits per heavy atom. The van der Waals surface area contributed by atoms with E-state index in [4.69, 9.17) is 4.74 Å². The second-order valence-corrected chi connectivity index (χ2v) is 10.9. The summed E-state index contributed by atoms with van der Waals surface area (Å²) >= 11 is 0. The lowest BCUT2D eigenvalue weighted by Gasteiger charge is -2.58. The van der Waals surface area contributed by atoms with Gasteiger partial charge in [0.2, 0.25) is 0 Å². The van der Waals surface area contributed by atoms with Crippen molar-refractivity contribution < 1.29 is 19.7 Å². The molecule has 0 spiro atoms. The smallest absolute Gasteiger partial charge is 0.410 e. The van der Waals surface area contributed by atoms with Gasteiger partial charge in [0, 0.05) is 31.7 Å². The Bertz CT molecular complexity index is 1060. The van der Waals surface area contributed by atoms with E-state index < -0.39 is 11.2 Å². The van der Waals surface area contributed by atoms with Gasteiger partial charge in [-0.25, -0.2) is 4.79 Å². The van der Waals surface area contributed by atoms with Crippen LogP contribution < -0.4 is 4.74 Å². The second kappa shape index (κ2) is 9.52. The lowest BCUT2D eigenvalue weighted by molar-refractivity contribution is -0.207. The van der Waals surface area contributed by atoms with Gasteiger partial charge < -0.3 is 24.7 Å². The summed E-state index contributed by atoms with van der Waals surface area (Å²) in [7, 11) is 5.69. The van der Waals surface area contributed by atoms with Crippen molar-refractivity contribution in [2.24, 2.45) is 5.92 Å². The predicted octanol–water partition coefficient (Wildman–Crippen LogP) is 3.72. The van der Waals surface area contributed by atoms with Gasteiger partial charge in [0.05, 0.1) is 11.3 Å². The standard InChI is InChI=1S/C28H39N3O4/c1-6-27-19-26(2,33)28(34,24-9-7-8-14-29-24)18-21(27)11-10-20-17-22(12-13-23(20)27)35-25(32)31(5)16-15-30(3)4/h7-9,12-14,17,21,33-34H,6,10-11,15-16,18-19H2,1-5H3. The van der Waals surface area contributed by atoms with E-state index in [0.717, 1.165) is 31.4 Å².